The molecule has 2 rings (SSSR count). The fourth-order valence-corrected chi connectivity index (χ4v) is 3.15. The van der Waals surface area contributed by atoms with E-state index in [1.807, 2.05) is 20.0 Å². The average molecular weight is 307 g/mol. The number of aromatic nitrogens is 2. The maximum absolute atomic E-state index is 6.34. The van der Waals surface area contributed by atoms with E-state index >= 15 is 0 Å². The predicted octanol–water partition coefficient (Wildman–Crippen LogP) is 2.95. The minimum atomic E-state index is 0.123. The smallest absolute Gasteiger partial charge is 0.130 e. The molecule has 0 saturated heterocycles. The molecule has 0 radical (unpaired) electrons. The monoisotopic (exact) mass is 306 g/mol. The molecule has 0 fully saturated rings. The number of benzene rings is 1. The molecule has 2 atom stereocenters. The molecule has 0 aliphatic heterocycles. The summed E-state index contributed by atoms with van der Waals surface area (Å²) < 4.78 is 1.71. The SMILES string of the molecule is CCC(c1ccccc1)C(Cc1c(C)nn(C)c1Cl)NN. The van der Waals surface area contributed by atoms with Crippen molar-refractivity contribution in [1.82, 2.24) is 15.2 Å². The van der Waals surface area contributed by atoms with Gasteiger partial charge in [-0.2, -0.15) is 5.10 Å². The zero-order valence-electron chi connectivity index (χ0n) is 12.8. The Morgan fingerprint density at radius 1 is 1.33 bits per heavy atom. The molecule has 5 heteroatoms. The molecule has 0 amide bonds. The number of nitrogens with one attached hydrogen (secondary N) is 1. The number of hydrogen-bond donors (Lipinski definition) is 2. The second kappa shape index (κ2) is 7.07. The van der Waals surface area contributed by atoms with Gasteiger partial charge in [0.1, 0.15) is 5.15 Å². The first kappa shape index (κ1) is 16.0. The minimum absolute atomic E-state index is 0.123. The third kappa shape index (κ3) is 3.46. The Bertz CT molecular complexity index is 579. The van der Waals surface area contributed by atoms with Crippen LogP contribution in [-0.4, -0.2) is 15.8 Å². The molecule has 2 unspecified atom stereocenters. The van der Waals surface area contributed by atoms with Gasteiger partial charge in [0.2, 0.25) is 0 Å². The fraction of sp³-hybridized carbons (Fsp3) is 0.438. The Balaban J connectivity index is 2.26. The van der Waals surface area contributed by atoms with Crippen molar-refractivity contribution in [3.8, 4) is 0 Å². The molecule has 1 aromatic heterocycles. The summed E-state index contributed by atoms with van der Waals surface area (Å²) >= 11 is 6.34. The number of aryl methyl sites for hydroxylation is 2. The number of hydrazine groups is 1. The van der Waals surface area contributed by atoms with Gasteiger partial charge in [0.05, 0.1) is 5.69 Å². The largest absolute Gasteiger partial charge is 0.271 e. The molecule has 3 N–H and O–H groups in total. The first-order valence-corrected chi connectivity index (χ1v) is 7.65. The average Bonchev–Trinajstić information content (AvgIpc) is 2.74. The Kier molecular flexibility index (Phi) is 5.39. The number of halogens is 1. The van der Waals surface area contributed by atoms with E-state index in [0.717, 1.165) is 24.1 Å². The zero-order chi connectivity index (χ0) is 15.4. The highest BCUT2D eigenvalue weighted by Crippen LogP contribution is 2.28. The van der Waals surface area contributed by atoms with Gasteiger partial charge in [-0.1, -0.05) is 48.9 Å². The first-order chi connectivity index (χ1) is 10.1. The van der Waals surface area contributed by atoms with Crippen molar-refractivity contribution in [2.75, 3.05) is 0 Å². The molecule has 0 saturated carbocycles. The topological polar surface area (TPSA) is 55.9 Å². The highest BCUT2D eigenvalue weighted by Gasteiger charge is 2.24. The van der Waals surface area contributed by atoms with Gasteiger partial charge < -0.3 is 0 Å². The van der Waals surface area contributed by atoms with Crippen LogP contribution in [0.25, 0.3) is 0 Å². The third-order valence-electron chi connectivity index (χ3n) is 4.06. The van der Waals surface area contributed by atoms with Gasteiger partial charge in [-0.25, -0.2) is 0 Å². The lowest BCUT2D eigenvalue weighted by molar-refractivity contribution is 0.427. The van der Waals surface area contributed by atoms with Crippen LogP contribution in [0.5, 0.6) is 0 Å². The quantitative estimate of drug-likeness (QED) is 0.637. The van der Waals surface area contributed by atoms with E-state index in [2.05, 4.69) is 41.7 Å². The van der Waals surface area contributed by atoms with Crippen molar-refractivity contribution in [2.24, 2.45) is 12.9 Å². The van der Waals surface area contributed by atoms with E-state index in [9.17, 15) is 0 Å². The second-order valence-corrected chi connectivity index (χ2v) is 5.74. The van der Waals surface area contributed by atoms with Crippen molar-refractivity contribution in [1.29, 1.82) is 0 Å². The van der Waals surface area contributed by atoms with Crippen LogP contribution in [-0.2, 0) is 13.5 Å². The molecule has 1 aromatic carbocycles. The number of rotatable bonds is 6. The molecule has 21 heavy (non-hydrogen) atoms. The molecule has 4 nitrogen and oxygen atoms in total. The number of nitrogens with zero attached hydrogens (tertiary/aromatic N) is 2. The van der Waals surface area contributed by atoms with Gasteiger partial charge in [0, 0.05) is 24.6 Å². The molecule has 1 heterocycles. The van der Waals surface area contributed by atoms with E-state index in [0.29, 0.717) is 11.1 Å². The summed E-state index contributed by atoms with van der Waals surface area (Å²) in [6.07, 6.45) is 1.78. The maximum atomic E-state index is 6.34. The van der Waals surface area contributed by atoms with Crippen molar-refractivity contribution < 1.29 is 0 Å². The Hall–Kier alpha value is -1.36. The van der Waals surface area contributed by atoms with Crippen molar-refractivity contribution in [3.63, 3.8) is 0 Å². The van der Waals surface area contributed by atoms with E-state index in [1.165, 1.54) is 5.56 Å². The lowest BCUT2D eigenvalue weighted by Gasteiger charge is -2.26. The van der Waals surface area contributed by atoms with E-state index in [-0.39, 0.29) is 6.04 Å². The second-order valence-electron chi connectivity index (χ2n) is 5.38. The number of nitrogens with two attached hydrogens (primary N) is 1. The predicted molar refractivity (Wildman–Crippen MR) is 87.2 cm³/mol. The first-order valence-electron chi connectivity index (χ1n) is 7.27. The van der Waals surface area contributed by atoms with Gasteiger partial charge in [-0.15, -0.1) is 0 Å². The maximum Gasteiger partial charge on any atom is 0.130 e. The van der Waals surface area contributed by atoms with Gasteiger partial charge >= 0.3 is 0 Å². The van der Waals surface area contributed by atoms with Crippen LogP contribution in [0.3, 0.4) is 0 Å². The summed E-state index contributed by atoms with van der Waals surface area (Å²) in [7, 11) is 1.86. The van der Waals surface area contributed by atoms with Crippen LogP contribution in [0.15, 0.2) is 30.3 Å². The molecule has 2 aromatic rings. The normalized spacial score (nSPS) is 14.1. The Morgan fingerprint density at radius 3 is 2.48 bits per heavy atom. The molecule has 0 aliphatic rings. The third-order valence-corrected chi connectivity index (χ3v) is 4.53. The lowest BCUT2D eigenvalue weighted by Crippen LogP contribution is -2.41. The molecule has 114 valence electrons. The Morgan fingerprint density at radius 2 is 2.00 bits per heavy atom. The van der Waals surface area contributed by atoms with E-state index in [4.69, 9.17) is 17.4 Å². The zero-order valence-corrected chi connectivity index (χ0v) is 13.6. The van der Waals surface area contributed by atoms with Crippen molar-refractivity contribution >= 4 is 11.6 Å². The highest BCUT2D eigenvalue weighted by atomic mass is 35.5. The van der Waals surface area contributed by atoms with Gasteiger partial charge in [0.15, 0.2) is 0 Å². The van der Waals surface area contributed by atoms with Crippen LogP contribution in [0.4, 0.5) is 0 Å². The lowest BCUT2D eigenvalue weighted by atomic mass is 9.86. The summed E-state index contributed by atoms with van der Waals surface area (Å²) in [6.45, 7) is 4.16. The summed E-state index contributed by atoms with van der Waals surface area (Å²) in [6, 6.07) is 10.6. The molecule has 0 aliphatic carbocycles. The highest BCUT2D eigenvalue weighted by molar-refractivity contribution is 6.30. The molecular weight excluding hydrogens is 284 g/mol. The van der Waals surface area contributed by atoms with Crippen LogP contribution >= 0.6 is 11.6 Å². The molecule has 0 spiro atoms. The van der Waals surface area contributed by atoms with Crippen molar-refractivity contribution in [3.05, 3.63) is 52.3 Å². The minimum Gasteiger partial charge on any atom is -0.271 e. The van der Waals surface area contributed by atoms with Gasteiger partial charge in [-0.05, 0) is 25.3 Å². The summed E-state index contributed by atoms with van der Waals surface area (Å²) in [4.78, 5) is 0. The summed E-state index contributed by atoms with van der Waals surface area (Å²) in [5.74, 6) is 6.16. The van der Waals surface area contributed by atoms with Crippen LogP contribution in [0.1, 0.15) is 36.1 Å². The van der Waals surface area contributed by atoms with Crippen LogP contribution < -0.4 is 11.3 Å². The Labute approximate surface area is 131 Å². The van der Waals surface area contributed by atoms with Crippen LogP contribution in [0.2, 0.25) is 5.15 Å². The van der Waals surface area contributed by atoms with Crippen LogP contribution in [0, 0.1) is 6.92 Å². The van der Waals surface area contributed by atoms with Gasteiger partial charge in [0.25, 0.3) is 0 Å². The number of hydrogen-bond acceptors (Lipinski definition) is 3. The van der Waals surface area contributed by atoms with E-state index in [1.54, 1.807) is 4.68 Å². The summed E-state index contributed by atoms with van der Waals surface area (Å²) in [5.41, 5.74) is 6.29. The summed E-state index contributed by atoms with van der Waals surface area (Å²) in [5, 5.41) is 5.06. The van der Waals surface area contributed by atoms with Crippen molar-refractivity contribution in [2.45, 2.75) is 38.6 Å². The molecule has 0 bridgehead atoms. The van der Waals surface area contributed by atoms with Gasteiger partial charge in [-0.3, -0.25) is 16.0 Å². The standard InChI is InChI=1S/C16H23ClN4/c1-4-13(12-8-6-5-7-9-12)15(19-18)10-14-11(2)20-21(3)16(14)17/h5-9,13,15,19H,4,10,18H2,1-3H3. The fourth-order valence-electron chi connectivity index (χ4n) is 2.90. The van der Waals surface area contributed by atoms with E-state index < -0.39 is 0 Å². The molecular formula is C16H23ClN4.